The number of amides is 1. The maximum Gasteiger partial charge on any atom is 0.255 e. The van der Waals surface area contributed by atoms with Gasteiger partial charge in [0.2, 0.25) is 0 Å². The van der Waals surface area contributed by atoms with Crippen LogP contribution in [-0.4, -0.2) is 22.6 Å². The van der Waals surface area contributed by atoms with E-state index in [1.807, 2.05) is 30.3 Å². The molecule has 7 heteroatoms. The molecule has 210 valence electrons. The normalized spacial score (nSPS) is 12.3. The van der Waals surface area contributed by atoms with Crippen molar-refractivity contribution in [2.75, 3.05) is 10.2 Å². The van der Waals surface area contributed by atoms with Gasteiger partial charge in [-0.05, 0) is 88.4 Å². The van der Waals surface area contributed by atoms with E-state index in [2.05, 4.69) is 84.9 Å². The summed E-state index contributed by atoms with van der Waals surface area (Å²) in [5.41, 5.74) is 7.99. The number of fused-ring (bicyclic) bond motifs is 3. The fourth-order valence-corrected chi connectivity index (χ4v) is 5.91. The van der Waals surface area contributed by atoms with Gasteiger partial charge in [0.05, 0.1) is 0 Å². The molecule has 39 heavy (non-hydrogen) atoms. The Labute approximate surface area is 251 Å². The zero-order chi connectivity index (χ0) is 25.2. The minimum atomic E-state index is -0.0690. The molecule has 1 aromatic heterocycles. The first-order chi connectivity index (χ1) is 17.4. The van der Waals surface area contributed by atoms with Crippen LogP contribution in [0.4, 0.5) is 11.4 Å². The van der Waals surface area contributed by atoms with E-state index >= 15 is 0 Å². The van der Waals surface area contributed by atoms with Gasteiger partial charge in [-0.15, -0.1) is 37.2 Å². The number of nitrogens with zero attached hydrogens (tertiary/aromatic N) is 2. The largest absolute Gasteiger partial charge is 0.367 e. The number of rotatable bonds is 7. The molecule has 0 fully saturated rings. The van der Waals surface area contributed by atoms with Crippen molar-refractivity contribution in [3.05, 3.63) is 95.2 Å². The lowest BCUT2D eigenvalue weighted by Crippen LogP contribution is -2.37. The highest BCUT2D eigenvalue weighted by Gasteiger charge is 2.21. The Morgan fingerprint density at radius 2 is 1.56 bits per heavy atom. The quantitative estimate of drug-likeness (QED) is 0.234. The summed E-state index contributed by atoms with van der Waals surface area (Å²) in [6.07, 6.45) is 4.41. The summed E-state index contributed by atoms with van der Waals surface area (Å²) in [4.78, 5) is 15.7. The predicted octanol–water partition coefficient (Wildman–Crippen LogP) is 8.71. The number of hydrogen-bond acceptors (Lipinski definition) is 2. The first kappa shape index (κ1) is 32.6. The molecular weight excluding hydrogens is 549 g/mol. The maximum absolute atomic E-state index is 13.4. The van der Waals surface area contributed by atoms with Gasteiger partial charge < -0.3 is 14.8 Å². The van der Waals surface area contributed by atoms with Crippen LogP contribution in [0.5, 0.6) is 0 Å². The van der Waals surface area contributed by atoms with Crippen LogP contribution in [-0.2, 0) is 19.4 Å². The van der Waals surface area contributed by atoms with Crippen LogP contribution in [0, 0.1) is 0 Å². The number of aryl methyl sites for hydroxylation is 1. The van der Waals surface area contributed by atoms with Crippen LogP contribution in [0.15, 0.2) is 72.8 Å². The summed E-state index contributed by atoms with van der Waals surface area (Å²) < 4.78 is 2.51. The van der Waals surface area contributed by atoms with Crippen LogP contribution >= 0.6 is 37.2 Å². The van der Waals surface area contributed by atoms with Gasteiger partial charge in [0.25, 0.3) is 5.91 Å². The number of nitrogens with one attached hydrogen (secondary N) is 1. The highest BCUT2D eigenvalue weighted by molar-refractivity contribution is 6.05. The average Bonchev–Trinajstić information content (AvgIpc) is 3.19. The van der Waals surface area contributed by atoms with Crippen molar-refractivity contribution in [2.45, 2.75) is 72.0 Å². The van der Waals surface area contributed by atoms with E-state index in [-0.39, 0.29) is 43.1 Å². The van der Waals surface area contributed by atoms with E-state index in [1.165, 1.54) is 35.0 Å². The molecule has 0 saturated carbocycles. The van der Waals surface area contributed by atoms with Gasteiger partial charge in [0.1, 0.15) is 0 Å². The minimum absolute atomic E-state index is 0. The molecule has 0 atom stereocenters. The molecule has 1 amide bonds. The smallest absolute Gasteiger partial charge is 0.255 e. The SMILES string of the molecule is CC(C)N(c1cccc(C(=O)Nc2ccccc2Cc2c3n(c4ccccc24)CCCC3)c1)C(C)C.Cl.Cl.Cl. The highest BCUT2D eigenvalue weighted by Crippen LogP contribution is 2.34. The molecule has 1 aliphatic heterocycles. The Morgan fingerprint density at radius 3 is 2.31 bits per heavy atom. The van der Waals surface area contributed by atoms with Gasteiger partial charge in [0, 0.05) is 58.6 Å². The van der Waals surface area contributed by atoms with Gasteiger partial charge in [0.15, 0.2) is 0 Å². The van der Waals surface area contributed by atoms with Gasteiger partial charge in [-0.25, -0.2) is 0 Å². The Balaban J connectivity index is 0.00000178. The van der Waals surface area contributed by atoms with E-state index in [1.54, 1.807) is 0 Å². The van der Waals surface area contributed by atoms with Crippen LogP contribution in [0.1, 0.15) is 67.7 Å². The van der Waals surface area contributed by atoms with E-state index in [0.717, 1.165) is 36.3 Å². The topological polar surface area (TPSA) is 37.3 Å². The molecule has 0 saturated heterocycles. The second-order valence-electron chi connectivity index (χ2n) is 10.5. The zero-order valence-electron chi connectivity index (χ0n) is 23.1. The van der Waals surface area contributed by atoms with Crippen molar-refractivity contribution in [2.24, 2.45) is 0 Å². The Morgan fingerprint density at radius 1 is 0.872 bits per heavy atom. The molecule has 2 heterocycles. The molecule has 1 aliphatic rings. The van der Waals surface area contributed by atoms with E-state index in [0.29, 0.717) is 17.6 Å². The third kappa shape index (κ3) is 6.74. The molecule has 0 radical (unpaired) electrons. The van der Waals surface area contributed by atoms with Crippen molar-refractivity contribution in [3.8, 4) is 0 Å². The third-order valence-electron chi connectivity index (χ3n) is 7.39. The highest BCUT2D eigenvalue weighted by atomic mass is 35.5. The number of aromatic nitrogens is 1. The number of hydrogen-bond donors (Lipinski definition) is 1. The van der Waals surface area contributed by atoms with Crippen LogP contribution < -0.4 is 10.2 Å². The molecule has 3 aromatic carbocycles. The lowest BCUT2D eigenvalue weighted by Gasteiger charge is -2.33. The third-order valence-corrected chi connectivity index (χ3v) is 7.39. The number of benzene rings is 3. The zero-order valence-corrected chi connectivity index (χ0v) is 25.6. The molecule has 0 unspecified atom stereocenters. The number of carbonyl (C=O) groups is 1. The fourth-order valence-electron chi connectivity index (χ4n) is 5.91. The second-order valence-corrected chi connectivity index (χ2v) is 10.5. The fraction of sp³-hybridized carbons (Fsp3) is 0.344. The summed E-state index contributed by atoms with van der Waals surface area (Å²) in [6, 6.07) is 25.7. The minimum Gasteiger partial charge on any atom is -0.367 e. The van der Waals surface area contributed by atoms with Crippen molar-refractivity contribution in [1.82, 2.24) is 4.57 Å². The van der Waals surface area contributed by atoms with Crippen molar-refractivity contribution in [3.63, 3.8) is 0 Å². The Kier molecular flexibility index (Phi) is 11.8. The summed E-state index contributed by atoms with van der Waals surface area (Å²) >= 11 is 0. The molecule has 0 spiro atoms. The Hall–Kier alpha value is -2.66. The lowest BCUT2D eigenvalue weighted by molar-refractivity contribution is 0.102. The monoisotopic (exact) mass is 587 g/mol. The standard InChI is InChI=1S/C32H37N3O.3ClH/c1-22(2)35(23(3)4)26-14-11-13-25(20-26)32(36)33-29-16-7-5-12-24(29)21-28-27-15-6-8-17-30(27)34-19-10-9-18-31(28)34;;;/h5-8,11-17,20,22-23H,9-10,18-19,21H2,1-4H3,(H,33,36);3*1H. The second kappa shape index (κ2) is 14.1. The summed E-state index contributed by atoms with van der Waals surface area (Å²) in [5, 5.41) is 4.57. The summed E-state index contributed by atoms with van der Waals surface area (Å²) in [7, 11) is 0. The van der Waals surface area contributed by atoms with Crippen molar-refractivity contribution >= 4 is 65.4 Å². The molecule has 0 aliphatic carbocycles. The molecule has 5 rings (SSSR count). The number of anilines is 2. The molecule has 4 nitrogen and oxygen atoms in total. The van der Waals surface area contributed by atoms with Gasteiger partial charge >= 0.3 is 0 Å². The van der Waals surface area contributed by atoms with Crippen LogP contribution in [0.25, 0.3) is 10.9 Å². The van der Waals surface area contributed by atoms with Crippen molar-refractivity contribution < 1.29 is 4.79 Å². The molecule has 0 bridgehead atoms. The van der Waals surface area contributed by atoms with Crippen LogP contribution in [0.3, 0.4) is 0 Å². The predicted molar refractivity (Wildman–Crippen MR) is 173 cm³/mol. The van der Waals surface area contributed by atoms with E-state index in [9.17, 15) is 4.79 Å². The summed E-state index contributed by atoms with van der Waals surface area (Å²) in [6.45, 7) is 9.84. The first-order valence-corrected chi connectivity index (χ1v) is 13.3. The first-order valence-electron chi connectivity index (χ1n) is 13.3. The average molecular weight is 589 g/mol. The molecular formula is C32H40Cl3N3O. The van der Waals surface area contributed by atoms with Gasteiger partial charge in [-0.3, -0.25) is 4.79 Å². The number of halogens is 3. The molecule has 4 aromatic rings. The lowest BCUT2D eigenvalue weighted by atomic mass is 9.97. The van der Waals surface area contributed by atoms with E-state index < -0.39 is 0 Å². The van der Waals surface area contributed by atoms with Gasteiger partial charge in [-0.2, -0.15) is 0 Å². The maximum atomic E-state index is 13.4. The van der Waals surface area contributed by atoms with Crippen LogP contribution in [0.2, 0.25) is 0 Å². The Bertz CT molecular complexity index is 1390. The van der Waals surface area contributed by atoms with Crippen molar-refractivity contribution in [1.29, 1.82) is 0 Å². The number of para-hydroxylation sites is 2. The summed E-state index contributed by atoms with van der Waals surface area (Å²) in [5.74, 6) is -0.0690. The molecule has 1 N–H and O–H groups in total. The van der Waals surface area contributed by atoms with Gasteiger partial charge in [-0.1, -0.05) is 42.5 Å². The van der Waals surface area contributed by atoms with E-state index in [4.69, 9.17) is 0 Å². The number of carbonyl (C=O) groups excluding carboxylic acids is 1.